The summed E-state index contributed by atoms with van der Waals surface area (Å²) in [6.45, 7) is 2.33. The average molecular weight is 481 g/mol. The van der Waals surface area contributed by atoms with Gasteiger partial charge in [0.2, 0.25) is 0 Å². The monoisotopic (exact) mass is 481 g/mol. The number of nitrogens with zero attached hydrogens (tertiary/aromatic N) is 2. The number of hydrogen-bond acceptors (Lipinski definition) is 6. The molecular weight excluding hydrogens is 453 g/mol. The molecule has 1 aromatic carbocycles. The molecule has 148 valence electrons. The first-order valence-electron chi connectivity index (χ1n) is 8.35. The molecule has 0 aromatic heterocycles. The molecule has 1 aromatic rings. The van der Waals surface area contributed by atoms with Gasteiger partial charge in [-0.15, -0.1) is 24.0 Å². The molecule has 1 heterocycles. The highest BCUT2D eigenvalue weighted by atomic mass is 127. The van der Waals surface area contributed by atoms with Gasteiger partial charge in [-0.3, -0.25) is 0 Å². The van der Waals surface area contributed by atoms with Crippen molar-refractivity contribution in [3.63, 3.8) is 0 Å². The van der Waals surface area contributed by atoms with Crippen LogP contribution in [0.15, 0.2) is 24.3 Å². The summed E-state index contributed by atoms with van der Waals surface area (Å²) in [7, 11) is 3.83. The molecule has 0 amide bonds. The number of aliphatic hydroxyl groups is 1. The molecule has 9 heteroatoms. The van der Waals surface area contributed by atoms with Gasteiger partial charge in [-0.05, 0) is 37.5 Å². The second-order valence-corrected chi connectivity index (χ2v) is 5.75. The summed E-state index contributed by atoms with van der Waals surface area (Å²) in [4.78, 5) is 10.5. The Morgan fingerprint density at radius 3 is 2.54 bits per heavy atom. The van der Waals surface area contributed by atoms with E-state index >= 15 is 0 Å². The molecule has 0 unspecified atom stereocenters. The summed E-state index contributed by atoms with van der Waals surface area (Å²) in [5.74, 6) is 0.942. The average Bonchev–Trinajstić information content (AvgIpc) is 2.58. The van der Waals surface area contributed by atoms with Crippen LogP contribution >= 0.6 is 24.0 Å². The largest absolute Gasteiger partial charge is 0.495 e. The molecule has 0 saturated heterocycles. The summed E-state index contributed by atoms with van der Waals surface area (Å²) in [5.41, 5.74) is 3.77. The maximum atomic E-state index is 8.78. The van der Waals surface area contributed by atoms with E-state index in [1.54, 1.807) is 7.11 Å². The zero-order valence-corrected chi connectivity index (χ0v) is 17.5. The molecule has 0 bridgehead atoms. The van der Waals surface area contributed by atoms with Crippen LogP contribution in [0.2, 0.25) is 0 Å². The fourth-order valence-electron chi connectivity index (χ4n) is 2.81. The number of para-hydroxylation sites is 1. The third-order valence-corrected chi connectivity index (χ3v) is 3.97. The number of hydrogen-bond donors (Lipinski definition) is 2. The van der Waals surface area contributed by atoms with E-state index in [1.807, 2.05) is 6.07 Å². The molecular formula is C17H28IN3O5. The van der Waals surface area contributed by atoms with Crippen molar-refractivity contribution in [1.29, 1.82) is 0 Å². The Morgan fingerprint density at radius 2 is 1.92 bits per heavy atom. The molecule has 0 saturated carbocycles. The number of anilines is 1. The maximum absolute atomic E-state index is 8.78. The van der Waals surface area contributed by atoms with Gasteiger partial charge in [0.25, 0.3) is 0 Å². The molecule has 0 atom stereocenters. The zero-order chi connectivity index (χ0) is 18.7. The number of fused-ring (bicyclic) bond motifs is 1. The standard InChI is InChI=1S/C17H26N2O2.HI.NO3/c1-19-12-10-15(18-11-5-3-4-6-13-20)14-8-7-9-16(21-2)17(14)19;;2-1(3)4/h7-10,18,20H,3-6,11-13H2,1-2H3;1H;/q;;-1/p+1. The normalized spacial score (nSPS) is 12.1. The van der Waals surface area contributed by atoms with Crippen molar-refractivity contribution in [1.82, 2.24) is 0 Å². The Hall–Kier alpha value is -1.59. The Balaban J connectivity index is 0.00000113. The first-order valence-corrected chi connectivity index (χ1v) is 8.35. The van der Waals surface area contributed by atoms with Crippen molar-refractivity contribution < 1.29 is 20.2 Å². The van der Waals surface area contributed by atoms with Gasteiger partial charge < -0.3 is 35.4 Å². The molecule has 0 fully saturated rings. The number of unbranched alkanes of at least 4 members (excludes halogenated alkanes) is 3. The van der Waals surface area contributed by atoms with Crippen LogP contribution in [0.4, 0.5) is 5.69 Å². The second-order valence-electron chi connectivity index (χ2n) is 5.75. The van der Waals surface area contributed by atoms with E-state index in [-0.39, 0.29) is 24.0 Å². The van der Waals surface area contributed by atoms with Gasteiger partial charge in [0.1, 0.15) is 11.4 Å². The minimum atomic E-state index is -1.75. The van der Waals surface area contributed by atoms with Crippen molar-refractivity contribution in [3.05, 3.63) is 45.2 Å². The van der Waals surface area contributed by atoms with E-state index in [4.69, 9.17) is 25.2 Å². The molecule has 1 aliphatic rings. The number of ether oxygens (including phenoxy) is 1. The van der Waals surface area contributed by atoms with Crippen molar-refractivity contribution in [2.24, 2.45) is 0 Å². The lowest BCUT2D eigenvalue weighted by Crippen LogP contribution is -2.81. The Kier molecular flexibility index (Phi) is 12.8. The third kappa shape index (κ3) is 8.19. The quantitative estimate of drug-likeness (QED) is 0.254. The van der Waals surface area contributed by atoms with Crippen LogP contribution in [0.3, 0.4) is 0 Å². The minimum absolute atomic E-state index is 0. The number of methoxy groups -OCH3 is 1. The van der Waals surface area contributed by atoms with Crippen LogP contribution in [-0.4, -0.2) is 44.0 Å². The van der Waals surface area contributed by atoms with E-state index in [0.717, 1.165) is 31.7 Å². The van der Waals surface area contributed by atoms with Crippen molar-refractivity contribution in [3.8, 4) is 5.75 Å². The van der Waals surface area contributed by atoms with E-state index in [2.05, 4.69) is 35.5 Å². The Morgan fingerprint density at radius 1 is 1.27 bits per heavy atom. The molecule has 3 N–H and O–H groups in total. The lowest BCUT2D eigenvalue weighted by Gasteiger charge is -2.27. The highest BCUT2D eigenvalue weighted by Gasteiger charge is 2.22. The van der Waals surface area contributed by atoms with Gasteiger partial charge in [-0.1, -0.05) is 12.5 Å². The first-order chi connectivity index (χ1) is 12.0. The van der Waals surface area contributed by atoms with Gasteiger partial charge in [-0.2, -0.15) is 0 Å². The van der Waals surface area contributed by atoms with Crippen molar-refractivity contribution >= 4 is 35.4 Å². The third-order valence-electron chi connectivity index (χ3n) is 3.97. The van der Waals surface area contributed by atoms with Gasteiger partial charge in [0.05, 0.1) is 30.0 Å². The van der Waals surface area contributed by atoms with Crippen LogP contribution in [0, 0.1) is 15.3 Å². The maximum Gasteiger partial charge on any atom is 0.143 e. The van der Waals surface area contributed by atoms with E-state index in [9.17, 15) is 0 Å². The van der Waals surface area contributed by atoms with Crippen LogP contribution < -0.4 is 15.0 Å². The van der Waals surface area contributed by atoms with E-state index in [1.165, 1.54) is 29.8 Å². The van der Waals surface area contributed by atoms with Gasteiger partial charge in [0.15, 0.2) is 0 Å². The number of halogens is 1. The summed E-state index contributed by atoms with van der Waals surface area (Å²) < 4.78 is 5.49. The number of aliphatic hydroxyl groups excluding tert-OH is 1. The predicted molar refractivity (Wildman–Crippen MR) is 112 cm³/mol. The SMILES string of the molecule is COc1cccc2c1N(C)CC=C2[NH2+]CCCCCCO.I.O=[N+]([O-])[O-]. The summed E-state index contributed by atoms with van der Waals surface area (Å²) in [6, 6.07) is 6.24. The molecule has 0 aliphatic carbocycles. The van der Waals surface area contributed by atoms with Gasteiger partial charge >= 0.3 is 0 Å². The fourth-order valence-corrected chi connectivity index (χ4v) is 2.81. The summed E-state index contributed by atoms with van der Waals surface area (Å²) in [6.07, 6.45) is 6.71. The molecule has 8 nitrogen and oxygen atoms in total. The highest BCUT2D eigenvalue weighted by Crippen LogP contribution is 2.35. The van der Waals surface area contributed by atoms with Gasteiger partial charge in [0, 0.05) is 20.2 Å². The molecule has 0 spiro atoms. The molecule has 26 heavy (non-hydrogen) atoms. The topological polar surface area (TPSA) is 116 Å². The van der Waals surface area contributed by atoms with Crippen LogP contribution in [0.5, 0.6) is 5.75 Å². The van der Waals surface area contributed by atoms with Crippen LogP contribution in [0.1, 0.15) is 31.2 Å². The fraction of sp³-hybridized carbons (Fsp3) is 0.529. The van der Waals surface area contributed by atoms with E-state index < -0.39 is 5.09 Å². The Bertz CT molecular complexity index is 580. The summed E-state index contributed by atoms with van der Waals surface area (Å²) >= 11 is 0. The number of benzene rings is 1. The zero-order valence-electron chi connectivity index (χ0n) is 15.2. The minimum Gasteiger partial charge on any atom is -0.495 e. The molecule has 1 aliphatic heterocycles. The second kappa shape index (κ2) is 13.6. The lowest BCUT2D eigenvalue weighted by atomic mass is 10.0. The predicted octanol–water partition coefficient (Wildman–Crippen LogP) is 1.98. The van der Waals surface area contributed by atoms with Gasteiger partial charge in [-0.25, -0.2) is 0 Å². The van der Waals surface area contributed by atoms with E-state index in [0.29, 0.717) is 6.61 Å². The number of nitrogens with two attached hydrogens (primary N) is 1. The van der Waals surface area contributed by atoms with Crippen molar-refractivity contribution in [2.75, 3.05) is 38.8 Å². The smallest absolute Gasteiger partial charge is 0.143 e. The summed E-state index contributed by atoms with van der Waals surface area (Å²) in [5, 5.41) is 25.9. The number of quaternary nitrogens is 1. The first kappa shape index (κ1) is 24.4. The molecule has 0 radical (unpaired) electrons. The van der Waals surface area contributed by atoms with Crippen LogP contribution in [0.25, 0.3) is 5.70 Å². The lowest BCUT2D eigenvalue weighted by molar-refractivity contribution is -0.563. The highest BCUT2D eigenvalue weighted by molar-refractivity contribution is 14.0. The van der Waals surface area contributed by atoms with Crippen molar-refractivity contribution in [2.45, 2.75) is 25.7 Å². The number of rotatable bonds is 8. The molecule has 2 rings (SSSR count). The van der Waals surface area contributed by atoms with Crippen LogP contribution in [-0.2, 0) is 0 Å². The Labute approximate surface area is 171 Å². The number of likely N-dealkylation sites (N-methyl/N-ethyl adjacent to an activating group) is 1.